The number of hydrogen-bond acceptors (Lipinski definition) is 7. The Morgan fingerprint density at radius 2 is 2.02 bits per heavy atom. The maximum Gasteiger partial charge on any atom is 0.251 e. The molecule has 2 fully saturated rings. The summed E-state index contributed by atoms with van der Waals surface area (Å²) in [4.78, 5) is 24.8. The van der Waals surface area contributed by atoms with Crippen LogP contribution >= 0.6 is 0 Å². The number of aryl methyl sites for hydroxylation is 1. The van der Waals surface area contributed by atoms with Gasteiger partial charge in [-0.25, -0.2) is 9.37 Å². The van der Waals surface area contributed by atoms with E-state index in [1.807, 2.05) is 30.2 Å². The van der Waals surface area contributed by atoms with Gasteiger partial charge in [0.25, 0.3) is 5.91 Å². The number of likely N-dealkylation sites (tertiary alicyclic amines) is 1. The Bertz CT molecular complexity index is 1690. The molecule has 2 saturated heterocycles. The molecule has 2 aromatic carbocycles. The number of piperazine rings is 1. The molecule has 0 aliphatic carbocycles. The fraction of sp³-hybridized carbons (Fsp3) is 0.433. The number of anilines is 2. The largest absolute Gasteiger partial charge is 0.469 e. The number of carbonyl (C=O) groups is 1. The molecule has 4 unspecified atom stereocenters. The number of nitrogens with zero attached hydrogens (tertiary/aromatic N) is 5. The number of benzene rings is 2. The summed E-state index contributed by atoms with van der Waals surface area (Å²) in [5.74, 6) is 0.324. The number of rotatable bonds is 2. The third-order valence-electron chi connectivity index (χ3n) is 9.38. The number of nitrogens with one attached hydrogen (secondary N) is 2. The van der Waals surface area contributed by atoms with Gasteiger partial charge in [-0.1, -0.05) is 18.2 Å². The van der Waals surface area contributed by atoms with E-state index in [9.17, 15) is 4.79 Å². The monoisotopic (exact) mass is 541 g/mol. The highest BCUT2D eigenvalue weighted by Gasteiger charge is 2.51. The Hall–Kier alpha value is -3.76. The second-order valence-corrected chi connectivity index (χ2v) is 11.7. The molecular weight excluding hydrogens is 509 g/mol. The lowest BCUT2D eigenvalue weighted by Gasteiger charge is -2.51. The van der Waals surface area contributed by atoms with E-state index in [0.29, 0.717) is 30.3 Å². The van der Waals surface area contributed by atoms with Crippen LogP contribution in [-0.2, 0) is 4.79 Å². The molecular formula is C30H32FN7O2. The molecule has 1 amide bonds. The quantitative estimate of drug-likeness (QED) is 0.374. The number of carbonyl (C=O) groups excluding carboxylic acids is 1. The molecule has 2 aromatic heterocycles. The van der Waals surface area contributed by atoms with Gasteiger partial charge < -0.3 is 19.9 Å². The van der Waals surface area contributed by atoms with Gasteiger partial charge in [-0.05, 0) is 69.1 Å². The molecule has 0 saturated carbocycles. The van der Waals surface area contributed by atoms with E-state index in [4.69, 9.17) is 9.72 Å². The molecule has 0 bridgehead atoms. The molecule has 6 heterocycles. The molecule has 4 aromatic rings. The lowest BCUT2D eigenvalue weighted by atomic mass is 9.93. The van der Waals surface area contributed by atoms with Crippen LogP contribution in [0.25, 0.3) is 32.9 Å². The Morgan fingerprint density at radius 1 is 1.15 bits per heavy atom. The van der Waals surface area contributed by atoms with Crippen molar-refractivity contribution in [1.29, 1.82) is 0 Å². The average Bonchev–Trinajstić information content (AvgIpc) is 3.60. The highest BCUT2D eigenvalue weighted by molar-refractivity contribution is 6.14. The number of aromatic amines is 1. The number of amides is 1. The second kappa shape index (κ2) is 8.62. The maximum atomic E-state index is 16.0. The molecule has 4 aliphatic rings. The Morgan fingerprint density at radius 3 is 2.85 bits per heavy atom. The van der Waals surface area contributed by atoms with Gasteiger partial charge in [0.1, 0.15) is 17.8 Å². The van der Waals surface area contributed by atoms with Crippen molar-refractivity contribution < 1.29 is 13.9 Å². The van der Waals surface area contributed by atoms with Crippen LogP contribution < -0.4 is 19.9 Å². The maximum absolute atomic E-state index is 16.0. The van der Waals surface area contributed by atoms with Crippen LogP contribution in [0, 0.1) is 6.92 Å². The van der Waals surface area contributed by atoms with E-state index >= 15 is 4.39 Å². The second-order valence-electron chi connectivity index (χ2n) is 11.7. The van der Waals surface area contributed by atoms with E-state index in [-0.39, 0.29) is 18.1 Å². The lowest BCUT2D eigenvalue weighted by Crippen LogP contribution is -2.69. The van der Waals surface area contributed by atoms with Crippen molar-refractivity contribution in [3.05, 3.63) is 42.1 Å². The fourth-order valence-electron chi connectivity index (χ4n) is 7.30. The smallest absolute Gasteiger partial charge is 0.251 e. The van der Waals surface area contributed by atoms with Crippen molar-refractivity contribution in [3.63, 3.8) is 0 Å². The van der Waals surface area contributed by atoms with Gasteiger partial charge in [-0.2, -0.15) is 5.10 Å². The van der Waals surface area contributed by atoms with E-state index in [0.717, 1.165) is 57.9 Å². The number of pyridine rings is 1. The summed E-state index contributed by atoms with van der Waals surface area (Å²) >= 11 is 0. The zero-order valence-corrected chi connectivity index (χ0v) is 22.8. The predicted octanol–water partition coefficient (Wildman–Crippen LogP) is 3.75. The molecule has 10 heteroatoms. The third kappa shape index (κ3) is 3.29. The Kier molecular flexibility index (Phi) is 5.19. The van der Waals surface area contributed by atoms with Gasteiger partial charge in [-0.15, -0.1) is 0 Å². The number of likely N-dealkylation sites (N-methyl/N-ethyl adjacent to an activating group) is 1. The Labute approximate surface area is 231 Å². The number of hydrogen-bond donors (Lipinski definition) is 2. The summed E-state index contributed by atoms with van der Waals surface area (Å²) in [6, 6.07) is 9.42. The summed E-state index contributed by atoms with van der Waals surface area (Å²) in [5.41, 5.74) is 6.21. The molecule has 0 spiro atoms. The van der Waals surface area contributed by atoms with Crippen molar-refractivity contribution >= 4 is 39.1 Å². The van der Waals surface area contributed by atoms with Crippen LogP contribution in [0.4, 0.5) is 15.8 Å². The SMILES string of the molecule is Cc1ccc2[nH]ncc2c1-c1ccc2c3c4c(nc2c1)OC([C@@H]1CCCN1C)CN4C(=O)C1CNC(C)C(F)N31. The highest BCUT2D eigenvalue weighted by atomic mass is 19.1. The van der Waals surface area contributed by atoms with E-state index < -0.39 is 18.4 Å². The summed E-state index contributed by atoms with van der Waals surface area (Å²) in [7, 11) is 2.11. The summed E-state index contributed by atoms with van der Waals surface area (Å²) in [6.07, 6.45) is 2.40. The molecule has 9 nitrogen and oxygen atoms in total. The van der Waals surface area contributed by atoms with Crippen molar-refractivity contribution in [1.82, 2.24) is 25.4 Å². The van der Waals surface area contributed by atoms with Crippen molar-refractivity contribution in [2.24, 2.45) is 0 Å². The molecule has 5 atom stereocenters. The first-order valence-electron chi connectivity index (χ1n) is 14.2. The third-order valence-corrected chi connectivity index (χ3v) is 9.38. The first-order valence-corrected chi connectivity index (χ1v) is 14.2. The standard InChI is InChI=1S/C30H32FN7O2/c1-15-6-9-20-19(12-33-35-20)25(15)17-7-8-18-21(11-17)34-29-27-26(18)38-23(13-32-16(2)28(38)31)30(39)37(27)14-24(40-29)22-5-4-10-36(22)3/h6-9,11-12,16,22-24,28,32H,4-5,10,13-14H2,1-3H3,(H,33,35)/t16?,22-,23?,24?,28?/m0/s1. The molecule has 206 valence electrons. The van der Waals surface area contributed by atoms with Crippen molar-refractivity contribution in [2.75, 3.05) is 36.5 Å². The number of alkyl halides is 1. The predicted molar refractivity (Wildman–Crippen MR) is 153 cm³/mol. The van der Waals surface area contributed by atoms with Gasteiger partial charge in [0.2, 0.25) is 5.88 Å². The molecule has 2 N–H and O–H groups in total. The van der Waals surface area contributed by atoms with Gasteiger partial charge in [-0.3, -0.25) is 14.8 Å². The number of halogens is 1. The zero-order chi connectivity index (χ0) is 27.3. The summed E-state index contributed by atoms with van der Waals surface area (Å²) in [5, 5.41) is 12.4. The fourth-order valence-corrected chi connectivity index (χ4v) is 7.30. The number of ether oxygens (including phenoxy) is 1. The minimum atomic E-state index is -1.36. The van der Waals surface area contributed by atoms with Gasteiger partial charge in [0.05, 0.1) is 35.5 Å². The minimum absolute atomic E-state index is 0.0928. The van der Waals surface area contributed by atoms with Crippen LogP contribution in [0.2, 0.25) is 0 Å². The van der Waals surface area contributed by atoms with Crippen LogP contribution in [-0.4, -0.2) is 83.2 Å². The summed E-state index contributed by atoms with van der Waals surface area (Å²) in [6.45, 7) is 5.75. The minimum Gasteiger partial charge on any atom is -0.469 e. The zero-order valence-electron chi connectivity index (χ0n) is 22.8. The van der Waals surface area contributed by atoms with Crippen molar-refractivity contribution in [3.8, 4) is 17.0 Å². The van der Waals surface area contributed by atoms with E-state index in [2.05, 4.69) is 52.6 Å². The number of aromatic nitrogens is 3. The van der Waals surface area contributed by atoms with Crippen molar-refractivity contribution in [2.45, 2.75) is 57.2 Å². The first kappa shape index (κ1) is 24.1. The van der Waals surface area contributed by atoms with Gasteiger partial charge in [0, 0.05) is 23.4 Å². The summed E-state index contributed by atoms with van der Waals surface area (Å²) < 4.78 is 22.6. The first-order chi connectivity index (χ1) is 19.4. The van der Waals surface area contributed by atoms with Crippen LogP contribution in [0.15, 0.2) is 36.5 Å². The van der Waals surface area contributed by atoms with Gasteiger partial charge >= 0.3 is 0 Å². The lowest BCUT2D eigenvalue weighted by molar-refractivity contribution is -0.121. The Balaban J connectivity index is 1.36. The van der Waals surface area contributed by atoms with Crippen LogP contribution in [0.3, 0.4) is 0 Å². The van der Waals surface area contributed by atoms with Crippen LogP contribution in [0.1, 0.15) is 25.3 Å². The topological polar surface area (TPSA) is 89.6 Å². The molecule has 0 radical (unpaired) electrons. The van der Waals surface area contributed by atoms with E-state index in [1.165, 1.54) is 0 Å². The van der Waals surface area contributed by atoms with Gasteiger partial charge in [0.15, 0.2) is 6.30 Å². The average molecular weight is 542 g/mol. The normalized spacial score (nSPS) is 28.2. The number of fused-ring (bicyclic) bond motifs is 5. The number of H-pyrrole nitrogens is 1. The molecule has 4 aliphatic heterocycles. The molecule has 40 heavy (non-hydrogen) atoms. The van der Waals surface area contributed by atoms with E-state index in [1.54, 1.807) is 4.90 Å². The molecule has 8 rings (SSSR count). The van der Waals surface area contributed by atoms with Crippen LogP contribution in [0.5, 0.6) is 5.88 Å². The highest BCUT2D eigenvalue weighted by Crippen LogP contribution is 2.51.